The van der Waals surface area contributed by atoms with Crippen molar-refractivity contribution in [3.63, 3.8) is 0 Å². The summed E-state index contributed by atoms with van der Waals surface area (Å²) >= 11 is 2.89. The molecule has 2 heterocycles. The molecule has 2 aromatic rings. The molecule has 0 aliphatic heterocycles. The van der Waals surface area contributed by atoms with Gasteiger partial charge < -0.3 is 5.32 Å². The summed E-state index contributed by atoms with van der Waals surface area (Å²) in [5.41, 5.74) is 0.702. The number of carbonyl (C=O) groups excluding carboxylic acids is 1. The molecule has 0 bridgehead atoms. The van der Waals surface area contributed by atoms with Gasteiger partial charge in [0.15, 0.2) is 5.16 Å². The van der Waals surface area contributed by atoms with Crippen molar-refractivity contribution in [1.29, 1.82) is 0 Å². The van der Waals surface area contributed by atoms with Gasteiger partial charge in [-0.05, 0) is 50.2 Å². The van der Waals surface area contributed by atoms with Gasteiger partial charge in [-0.15, -0.1) is 5.10 Å². The largest absolute Gasteiger partial charge is 0.349 e. The number of rotatable bonds is 4. The molecule has 6 nitrogen and oxygen atoms in total. The molecule has 0 unspecified atom stereocenters. The second-order valence-corrected chi connectivity index (χ2v) is 7.31. The Bertz CT molecular complexity index is 625. The zero-order valence-corrected chi connectivity index (χ0v) is 13.9. The highest BCUT2D eigenvalue weighted by molar-refractivity contribution is 7.99. The topological polar surface area (TPSA) is 80.7 Å². The van der Waals surface area contributed by atoms with Gasteiger partial charge in [-0.3, -0.25) is 4.79 Å². The van der Waals surface area contributed by atoms with Gasteiger partial charge in [-0.25, -0.2) is 9.97 Å². The number of hydrogen-bond acceptors (Lipinski definition) is 7. The highest BCUT2D eigenvalue weighted by atomic mass is 32.2. The van der Waals surface area contributed by atoms with Gasteiger partial charge in [0.05, 0.1) is 5.69 Å². The van der Waals surface area contributed by atoms with E-state index in [1.165, 1.54) is 0 Å². The molecule has 22 heavy (non-hydrogen) atoms. The number of carbonyl (C=O) groups is 1. The third-order valence-electron chi connectivity index (χ3n) is 3.68. The number of nitrogens with zero attached hydrogens (tertiary/aromatic N) is 4. The highest BCUT2D eigenvalue weighted by Crippen LogP contribution is 2.31. The number of amides is 1. The van der Waals surface area contributed by atoms with Crippen molar-refractivity contribution in [3.05, 3.63) is 29.0 Å². The van der Waals surface area contributed by atoms with E-state index in [-0.39, 0.29) is 11.9 Å². The van der Waals surface area contributed by atoms with E-state index < -0.39 is 0 Å². The van der Waals surface area contributed by atoms with E-state index in [9.17, 15) is 4.79 Å². The van der Waals surface area contributed by atoms with E-state index in [0.29, 0.717) is 15.8 Å². The van der Waals surface area contributed by atoms with Crippen LogP contribution in [0.25, 0.3) is 0 Å². The summed E-state index contributed by atoms with van der Waals surface area (Å²) in [5, 5.41) is 8.34. The van der Waals surface area contributed by atoms with Crippen molar-refractivity contribution in [1.82, 2.24) is 24.9 Å². The van der Waals surface area contributed by atoms with Crippen LogP contribution in [0.1, 0.15) is 41.0 Å². The van der Waals surface area contributed by atoms with Crippen LogP contribution in [0.15, 0.2) is 23.6 Å². The first-order valence-electron chi connectivity index (χ1n) is 7.26. The molecule has 3 rings (SSSR count). The summed E-state index contributed by atoms with van der Waals surface area (Å²) in [7, 11) is 0. The second-order valence-electron chi connectivity index (χ2n) is 5.28. The van der Waals surface area contributed by atoms with Crippen LogP contribution in [0.3, 0.4) is 0 Å². The van der Waals surface area contributed by atoms with Crippen molar-refractivity contribution in [2.45, 2.75) is 49.1 Å². The molecule has 1 amide bonds. The lowest BCUT2D eigenvalue weighted by molar-refractivity contribution is 0.0931. The molecular formula is C14H17N5OS2. The Balaban J connectivity index is 1.48. The number of nitrogens with one attached hydrogen (secondary N) is 1. The second kappa shape index (κ2) is 7.15. The number of aryl methyl sites for hydroxylation is 1. The minimum absolute atomic E-state index is 0.0463. The van der Waals surface area contributed by atoms with Crippen LogP contribution in [0.5, 0.6) is 0 Å². The van der Waals surface area contributed by atoms with E-state index in [2.05, 4.69) is 24.9 Å². The minimum Gasteiger partial charge on any atom is -0.349 e. The van der Waals surface area contributed by atoms with Crippen LogP contribution in [0.4, 0.5) is 0 Å². The Hall–Kier alpha value is -1.54. The van der Waals surface area contributed by atoms with Crippen LogP contribution in [-0.4, -0.2) is 36.8 Å². The Morgan fingerprint density at radius 3 is 2.64 bits per heavy atom. The summed E-state index contributed by atoms with van der Waals surface area (Å²) in [6, 6.07) is 2.06. The summed E-state index contributed by atoms with van der Waals surface area (Å²) < 4.78 is 3.81. The molecule has 8 heteroatoms. The molecule has 2 aromatic heterocycles. The van der Waals surface area contributed by atoms with Crippen LogP contribution in [0, 0.1) is 6.92 Å². The standard InChI is InChI=1S/C14H17N5OS2/c1-9-12(22-19-18-9)13(20)17-10-3-5-11(6-4-10)21-14-15-7-2-8-16-14/h2,7-8,10-11H,3-6H2,1H3,(H,17,20). The van der Waals surface area contributed by atoms with E-state index in [1.807, 2.05) is 13.0 Å². The first-order valence-corrected chi connectivity index (χ1v) is 8.91. The van der Waals surface area contributed by atoms with Crippen molar-refractivity contribution in [2.75, 3.05) is 0 Å². The van der Waals surface area contributed by atoms with Gasteiger partial charge in [0.25, 0.3) is 5.91 Å². The molecule has 0 atom stereocenters. The Morgan fingerprint density at radius 1 is 1.27 bits per heavy atom. The van der Waals surface area contributed by atoms with Crippen LogP contribution in [0.2, 0.25) is 0 Å². The lowest BCUT2D eigenvalue weighted by Gasteiger charge is -2.28. The predicted molar refractivity (Wildman–Crippen MR) is 86.0 cm³/mol. The lowest BCUT2D eigenvalue weighted by Crippen LogP contribution is -2.38. The Morgan fingerprint density at radius 2 is 2.00 bits per heavy atom. The van der Waals surface area contributed by atoms with Crippen LogP contribution >= 0.6 is 23.3 Å². The lowest BCUT2D eigenvalue weighted by atomic mass is 9.95. The maximum atomic E-state index is 12.2. The summed E-state index contributed by atoms with van der Waals surface area (Å²) in [5.74, 6) is -0.0463. The van der Waals surface area contributed by atoms with Crippen molar-refractivity contribution in [3.8, 4) is 0 Å². The normalized spacial score (nSPS) is 21.5. The quantitative estimate of drug-likeness (QED) is 0.865. The summed E-state index contributed by atoms with van der Waals surface area (Å²) in [6.45, 7) is 1.81. The molecule has 1 fully saturated rings. The fourth-order valence-electron chi connectivity index (χ4n) is 2.51. The summed E-state index contributed by atoms with van der Waals surface area (Å²) in [6.07, 6.45) is 7.64. The van der Waals surface area contributed by atoms with Crippen molar-refractivity contribution < 1.29 is 4.79 Å². The molecule has 0 aromatic carbocycles. The number of hydrogen-bond donors (Lipinski definition) is 1. The van der Waals surface area contributed by atoms with Gasteiger partial charge in [0, 0.05) is 23.7 Å². The molecule has 0 saturated heterocycles. The molecule has 1 aliphatic carbocycles. The van der Waals surface area contributed by atoms with Gasteiger partial charge in [-0.2, -0.15) is 0 Å². The maximum absolute atomic E-state index is 12.2. The fourth-order valence-corrected chi connectivity index (χ4v) is 4.12. The Kier molecular flexibility index (Phi) is 4.99. The predicted octanol–water partition coefficient (Wildman–Crippen LogP) is 2.47. The molecular weight excluding hydrogens is 318 g/mol. The molecule has 1 aliphatic rings. The molecule has 0 spiro atoms. The summed E-state index contributed by atoms with van der Waals surface area (Å²) in [4.78, 5) is 21.3. The smallest absolute Gasteiger partial charge is 0.265 e. The zero-order chi connectivity index (χ0) is 15.4. The average molecular weight is 335 g/mol. The molecule has 1 saturated carbocycles. The van der Waals surface area contributed by atoms with Crippen LogP contribution < -0.4 is 5.32 Å². The van der Waals surface area contributed by atoms with E-state index in [0.717, 1.165) is 42.4 Å². The van der Waals surface area contributed by atoms with Gasteiger partial charge in [0.1, 0.15) is 4.88 Å². The molecule has 1 N–H and O–H groups in total. The number of thioether (sulfide) groups is 1. The van der Waals surface area contributed by atoms with E-state index >= 15 is 0 Å². The van der Waals surface area contributed by atoms with Crippen molar-refractivity contribution >= 4 is 29.2 Å². The molecule has 116 valence electrons. The van der Waals surface area contributed by atoms with Gasteiger partial charge >= 0.3 is 0 Å². The zero-order valence-electron chi connectivity index (χ0n) is 12.2. The van der Waals surface area contributed by atoms with E-state index in [1.54, 1.807) is 24.2 Å². The number of aromatic nitrogens is 4. The van der Waals surface area contributed by atoms with E-state index in [4.69, 9.17) is 0 Å². The fraction of sp³-hybridized carbons (Fsp3) is 0.500. The van der Waals surface area contributed by atoms with Gasteiger partial charge in [-0.1, -0.05) is 16.3 Å². The first-order chi connectivity index (χ1) is 10.7. The monoisotopic (exact) mass is 335 g/mol. The average Bonchev–Trinajstić information content (AvgIpc) is 2.96. The van der Waals surface area contributed by atoms with Gasteiger partial charge in [0.2, 0.25) is 0 Å². The van der Waals surface area contributed by atoms with Crippen molar-refractivity contribution in [2.24, 2.45) is 0 Å². The SMILES string of the molecule is Cc1nnsc1C(=O)NC1CCC(Sc2ncccn2)CC1. The minimum atomic E-state index is -0.0463. The maximum Gasteiger partial charge on any atom is 0.265 e. The highest BCUT2D eigenvalue weighted by Gasteiger charge is 2.25. The first kappa shape index (κ1) is 15.4. The molecule has 0 radical (unpaired) electrons. The Labute approximate surface area is 137 Å². The third kappa shape index (κ3) is 3.80. The van der Waals surface area contributed by atoms with Crippen LogP contribution in [-0.2, 0) is 0 Å². The third-order valence-corrected chi connectivity index (χ3v) is 5.73.